The largest absolute Gasteiger partial charge is 0.390 e. The van der Waals surface area contributed by atoms with Crippen molar-refractivity contribution in [1.82, 2.24) is 35.8 Å². The third kappa shape index (κ3) is 7.78. The molecule has 2 heterocycles. The molecule has 252 valence electrons. The summed E-state index contributed by atoms with van der Waals surface area (Å²) in [5.74, 6) is -9.79. The Balaban J connectivity index is 1.73. The van der Waals surface area contributed by atoms with Crippen molar-refractivity contribution in [3.63, 3.8) is 0 Å². The molecule has 3 amide bonds. The molecule has 4 rings (SSSR count). The molecule has 1 aromatic carbocycles. The Morgan fingerprint density at radius 3 is 2.30 bits per heavy atom. The number of imidazole rings is 1. The topological polar surface area (TPSA) is 146 Å². The summed E-state index contributed by atoms with van der Waals surface area (Å²) in [6.45, 7) is 4.67. The summed E-state index contributed by atoms with van der Waals surface area (Å²) in [6, 6.07) is 0.0455. The van der Waals surface area contributed by atoms with Crippen molar-refractivity contribution in [1.29, 1.82) is 0 Å². The number of likely N-dealkylation sites (N-methyl/N-ethyl adjacent to an activating group) is 1. The number of hydrogen-bond donors (Lipinski definition) is 3. The van der Waals surface area contributed by atoms with Crippen molar-refractivity contribution in [2.24, 2.45) is 11.8 Å². The van der Waals surface area contributed by atoms with Crippen LogP contribution < -0.4 is 10.6 Å². The second-order valence-electron chi connectivity index (χ2n) is 12.2. The van der Waals surface area contributed by atoms with Gasteiger partial charge in [-0.15, -0.1) is 0 Å². The number of alkyl halides is 5. The van der Waals surface area contributed by atoms with Crippen LogP contribution in [0.15, 0.2) is 16.8 Å². The fourth-order valence-electron chi connectivity index (χ4n) is 5.57. The van der Waals surface area contributed by atoms with Gasteiger partial charge < -0.3 is 20.5 Å². The maximum atomic E-state index is 16.1. The molecule has 1 aliphatic carbocycles. The third-order valence-corrected chi connectivity index (χ3v) is 8.12. The lowest BCUT2D eigenvalue weighted by Gasteiger charge is -2.33. The first-order valence-corrected chi connectivity index (χ1v) is 14.6. The molecule has 11 nitrogen and oxygen atoms in total. The van der Waals surface area contributed by atoms with E-state index < -0.39 is 95.8 Å². The number of nitrogens with one attached hydrogen (secondary N) is 3. The van der Waals surface area contributed by atoms with Crippen molar-refractivity contribution in [3.8, 4) is 0 Å². The molecule has 0 saturated heterocycles. The van der Waals surface area contributed by atoms with E-state index in [1.54, 1.807) is 13.8 Å². The van der Waals surface area contributed by atoms with E-state index in [9.17, 15) is 36.3 Å². The first-order chi connectivity index (χ1) is 21.4. The zero-order valence-electron chi connectivity index (χ0n) is 25.8. The van der Waals surface area contributed by atoms with Crippen molar-refractivity contribution >= 4 is 28.8 Å². The van der Waals surface area contributed by atoms with Gasteiger partial charge in [0.1, 0.15) is 23.1 Å². The number of rotatable bonds is 10. The van der Waals surface area contributed by atoms with Crippen LogP contribution in [-0.2, 0) is 9.59 Å². The van der Waals surface area contributed by atoms with Crippen LogP contribution in [-0.4, -0.2) is 75.1 Å². The molecule has 3 atom stereocenters. The Kier molecular flexibility index (Phi) is 10.0. The van der Waals surface area contributed by atoms with Crippen LogP contribution in [0.25, 0.3) is 11.0 Å². The van der Waals surface area contributed by atoms with Gasteiger partial charge in [-0.1, -0.05) is 25.1 Å². The predicted octanol–water partition coefficient (Wildman–Crippen LogP) is 4.96. The maximum Gasteiger partial charge on any atom is 0.390 e. The number of aryl methyl sites for hydroxylation is 1. The Bertz CT molecular complexity index is 1580. The molecule has 1 saturated carbocycles. The summed E-state index contributed by atoms with van der Waals surface area (Å²) in [5, 5.41) is 12.1. The maximum absolute atomic E-state index is 16.1. The number of amides is 3. The van der Waals surface area contributed by atoms with E-state index in [0.717, 1.165) is 6.07 Å². The summed E-state index contributed by atoms with van der Waals surface area (Å²) in [7, 11) is 2.86. The number of carbonyl (C=O) groups excluding carboxylic acids is 3. The summed E-state index contributed by atoms with van der Waals surface area (Å²) in [6.07, 6.45) is -7.57. The summed E-state index contributed by atoms with van der Waals surface area (Å²) in [5.41, 5.74) is -0.999. The first-order valence-electron chi connectivity index (χ1n) is 14.6. The van der Waals surface area contributed by atoms with Crippen LogP contribution in [0.3, 0.4) is 0 Å². The highest BCUT2D eigenvalue weighted by molar-refractivity contribution is 5.93. The molecular weight excluding hydrogens is 624 g/mol. The number of fused-ring (bicyclic) bond motifs is 1. The highest BCUT2D eigenvalue weighted by atomic mass is 19.4. The molecule has 17 heteroatoms. The fourth-order valence-corrected chi connectivity index (χ4v) is 5.57. The van der Waals surface area contributed by atoms with E-state index in [4.69, 9.17) is 0 Å². The number of hydrogen-bond acceptors (Lipinski definition) is 7. The van der Waals surface area contributed by atoms with Gasteiger partial charge in [0.25, 0.3) is 5.91 Å². The smallest absolute Gasteiger partial charge is 0.347 e. The highest BCUT2D eigenvalue weighted by Gasteiger charge is 2.42. The van der Waals surface area contributed by atoms with Crippen molar-refractivity contribution in [2.45, 2.75) is 83.0 Å². The number of nitrogens with zero attached hydrogens (tertiary/aromatic N) is 4. The Morgan fingerprint density at radius 2 is 1.76 bits per heavy atom. The molecule has 3 aromatic rings. The highest BCUT2D eigenvalue weighted by Crippen LogP contribution is 2.42. The second-order valence-corrected chi connectivity index (χ2v) is 12.2. The Morgan fingerprint density at radius 1 is 1.11 bits per heavy atom. The number of halogens is 6. The molecule has 1 fully saturated rings. The quantitative estimate of drug-likeness (QED) is 0.261. The van der Waals surface area contributed by atoms with Crippen LogP contribution in [0.4, 0.5) is 26.3 Å². The Labute approximate surface area is 259 Å². The molecule has 0 spiro atoms. The van der Waals surface area contributed by atoms with E-state index in [1.807, 2.05) is 0 Å². The normalized spacial score (nSPS) is 17.5. The number of H-pyrrole nitrogens is 1. The van der Waals surface area contributed by atoms with Gasteiger partial charge in [0.2, 0.25) is 17.7 Å². The molecule has 1 aliphatic rings. The average molecular weight is 660 g/mol. The SMILES string of the molecule is Cc1nonc1C(=O)NC(c1nc2c(F)c(C(CC(F)(F)F)C(=O)NC(C(=O)N(C)C)C(C)C)ccc2[nH]1)C1CCC(F)(F)CC1. The zero-order chi connectivity index (χ0) is 34.1. The predicted molar refractivity (Wildman–Crippen MR) is 151 cm³/mol. The van der Waals surface area contributed by atoms with E-state index in [0.29, 0.717) is 0 Å². The molecule has 2 aromatic heterocycles. The van der Waals surface area contributed by atoms with Gasteiger partial charge in [-0.3, -0.25) is 14.4 Å². The van der Waals surface area contributed by atoms with Crippen LogP contribution in [0.1, 0.15) is 85.5 Å². The summed E-state index contributed by atoms with van der Waals surface area (Å²) < 4.78 is 89.7. The molecular formula is C29H35F6N7O4. The summed E-state index contributed by atoms with van der Waals surface area (Å²) >= 11 is 0. The fraction of sp³-hybridized carbons (Fsp3) is 0.586. The summed E-state index contributed by atoms with van der Waals surface area (Å²) in [4.78, 5) is 47.2. The number of carbonyl (C=O) groups is 3. The first kappa shape index (κ1) is 34.7. The van der Waals surface area contributed by atoms with E-state index in [2.05, 4.69) is 35.5 Å². The number of benzene rings is 1. The van der Waals surface area contributed by atoms with Crippen LogP contribution >= 0.6 is 0 Å². The van der Waals surface area contributed by atoms with Gasteiger partial charge >= 0.3 is 6.18 Å². The van der Waals surface area contributed by atoms with Crippen molar-refractivity contribution < 1.29 is 45.4 Å². The molecule has 46 heavy (non-hydrogen) atoms. The second kappa shape index (κ2) is 13.3. The van der Waals surface area contributed by atoms with Crippen molar-refractivity contribution in [2.75, 3.05) is 14.1 Å². The van der Waals surface area contributed by atoms with Gasteiger partial charge in [-0.25, -0.2) is 22.8 Å². The van der Waals surface area contributed by atoms with E-state index in [-0.39, 0.29) is 35.6 Å². The molecule has 3 unspecified atom stereocenters. The zero-order valence-corrected chi connectivity index (χ0v) is 25.8. The average Bonchev–Trinajstić information content (AvgIpc) is 3.59. The van der Waals surface area contributed by atoms with E-state index >= 15 is 4.39 Å². The number of aromatic amines is 1. The number of aromatic nitrogens is 4. The molecule has 3 N–H and O–H groups in total. The lowest BCUT2D eigenvalue weighted by Crippen LogP contribution is -2.50. The van der Waals surface area contributed by atoms with Gasteiger partial charge in [-0.05, 0) is 42.8 Å². The molecule has 0 radical (unpaired) electrons. The van der Waals surface area contributed by atoms with Gasteiger partial charge in [0.15, 0.2) is 11.5 Å². The lowest BCUT2D eigenvalue weighted by atomic mass is 9.81. The van der Waals surface area contributed by atoms with Crippen LogP contribution in [0.5, 0.6) is 0 Å². The van der Waals surface area contributed by atoms with Gasteiger partial charge in [-0.2, -0.15) is 13.2 Å². The van der Waals surface area contributed by atoms with Crippen molar-refractivity contribution in [3.05, 3.63) is 40.7 Å². The third-order valence-electron chi connectivity index (χ3n) is 8.12. The lowest BCUT2D eigenvalue weighted by molar-refractivity contribution is -0.149. The minimum Gasteiger partial charge on any atom is -0.347 e. The Hall–Kier alpha value is -4.18. The van der Waals surface area contributed by atoms with Gasteiger partial charge in [0.05, 0.1) is 23.9 Å². The molecule has 0 bridgehead atoms. The van der Waals surface area contributed by atoms with E-state index in [1.165, 1.54) is 32.0 Å². The minimum absolute atomic E-state index is 0.0186. The molecule has 0 aliphatic heterocycles. The monoisotopic (exact) mass is 659 g/mol. The van der Waals surface area contributed by atoms with Gasteiger partial charge in [0, 0.05) is 32.5 Å². The van der Waals surface area contributed by atoms with Crippen LogP contribution in [0, 0.1) is 24.6 Å². The van der Waals surface area contributed by atoms with Crippen LogP contribution in [0.2, 0.25) is 0 Å². The standard InChI is InChI=1S/C29H35F6N7O4/c1-13(2)20(27(45)42(4)5)38-25(43)17(12-29(33,34)35)16-6-7-18-23(19(16)30)37-24(36-18)22(15-8-10-28(31,32)11-9-15)39-26(44)21-14(3)40-46-41-21/h6-7,13,15,17,20,22H,8-12H2,1-5H3,(H,36,37)(H,38,43)(H,39,44). The minimum atomic E-state index is -4.88.